The van der Waals surface area contributed by atoms with Gasteiger partial charge in [0.1, 0.15) is 11.6 Å². The quantitative estimate of drug-likeness (QED) is 0.229. The van der Waals surface area contributed by atoms with Gasteiger partial charge in [0.05, 0.1) is 6.61 Å². The summed E-state index contributed by atoms with van der Waals surface area (Å²) in [5.74, 6) is 0.449. The van der Waals surface area contributed by atoms with Crippen molar-refractivity contribution in [1.82, 2.24) is 5.32 Å². The van der Waals surface area contributed by atoms with Crippen LogP contribution in [-0.4, -0.2) is 42.2 Å². The van der Waals surface area contributed by atoms with E-state index in [9.17, 15) is 9.18 Å². The molecule has 0 saturated heterocycles. The number of amides is 1. The molecule has 4 aromatic carbocycles. The third-order valence-electron chi connectivity index (χ3n) is 7.09. The zero-order valence-corrected chi connectivity index (χ0v) is 22.7. The van der Waals surface area contributed by atoms with Crippen molar-refractivity contribution in [3.8, 4) is 5.75 Å². The Kier molecular flexibility index (Phi) is 9.06. The molecule has 1 aliphatic rings. The SMILES string of the molecule is O=C(NCCc1ccccc1F)[C@]1(Cc2ccccc2)N=C(c2ccc(OCCCO)cc2)O[C@@H]1c1ccccc1. The number of carbonyl (C=O) groups is 1. The molecule has 4 aromatic rings. The minimum atomic E-state index is -1.30. The predicted octanol–water partition coefficient (Wildman–Crippen LogP) is 5.45. The summed E-state index contributed by atoms with van der Waals surface area (Å²) >= 11 is 0. The molecule has 0 bridgehead atoms. The van der Waals surface area contributed by atoms with E-state index in [2.05, 4.69) is 5.32 Å². The van der Waals surface area contributed by atoms with E-state index in [-0.39, 0.29) is 24.9 Å². The van der Waals surface area contributed by atoms with Crippen LogP contribution in [0.15, 0.2) is 114 Å². The lowest BCUT2D eigenvalue weighted by Gasteiger charge is -2.31. The normalized spacial score (nSPS) is 17.9. The first-order valence-corrected chi connectivity index (χ1v) is 13.8. The van der Waals surface area contributed by atoms with Crippen LogP contribution >= 0.6 is 0 Å². The maximum atomic E-state index is 14.2. The number of ether oxygens (including phenoxy) is 2. The van der Waals surface area contributed by atoms with Gasteiger partial charge in [-0.15, -0.1) is 0 Å². The number of hydrogen-bond acceptors (Lipinski definition) is 5. The van der Waals surface area contributed by atoms with Gasteiger partial charge in [-0.3, -0.25) is 4.79 Å². The molecule has 210 valence electrons. The van der Waals surface area contributed by atoms with Crippen LogP contribution in [0.2, 0.25) is 0 Å². The zero-order valence-electron chi connectivity index (χ0n) is 22.7. The lowest BCUT2D eigenvalue weighted by atomic mass is 9.82. The van der Waals surface area contributed by atoms with Crippen LogP contribution in [0.5, 0.6) is 5.75 Å². The van der Waals surface area contributed by atoms with Crippen LogP contribution in [0, 0.1) is 5.82 Å². The number of aliphatic imine (C=N–C) groups is 1. The van der Waals surface area contributed by atoms with E-state index in [0.29, 0.717) is 43.1 Å². The average Bonchev–Trinajstić information content (AvgIpc) is 3.40. The molecule has 2 N–H and O–H groups in total. The van der Waals surface area contributed by atoms with Gasteiger partial charge >= 0.3 is 0 Å². The minimum absolute atomic E-state index is 0.0649. The fourth-order valence-corrected chi connectivity index (χ4v) is 4.98. The number of rotatable bonds is 12. The van der Waals surface area contributed by atoms with Crippen LogP contribution in [0.3, 0.4) is 0 Å². The van der Waals surface area contributed by atoms with Crippen LogP contribution in [-0.2, 0) is 22.4 Å². The van der Waals surface area contributed by atoms with Gasteiger partial charge in [0, 0.05) is 31.6 Å². The van der Waals surface area contributed by atoms with Crippen molar-refractivity contribution in [3.05, 3.63) is 137 Å². The maximum absolute atomic E-state index is 14.2. The Labute approximate surface area is 239 Å². The molecule has 7 heteroatoms. The van der Waals surface area contributed by atoms with E-state index < -0.39 is 11.6 Å². The number of aliphatic hydroxyl groups excluding tert-OH is 1. The Bertz CT molecular complexity index is 1460. The molecule has 0 spiro atoms. The fourth-order valence-electron chi connectivity index (χ4n) is 4.98. The highest BCUT2D eigenvalue weighted by molar-refractivity contribution is 6.01. The number of benzene rings is 4. The fraction of sp³-hybridized carbons (Fsp3) is 0.235. The summed E-state index contributed by atoms with van der Waals surface area (Å²) in [7, 11) is 0. The summed E-state index contributed by atoms with van der Waals surface area (Å²) in [6.07, 6.45) is 0.521. The van der Waals surface area contributed by atoms with Crippen molar-refractivity contribution >= 4 is 11.8 Å². The van der Waals surface area contributed by atoms with Crippen LogP contribution < -0.4 is 10.1 Å². The van der Waals surface area contributed by atoms with E-state index in [0.717, 1.165) is 16.7 Å². The molecule has 5 rings (SSSR count). The molecule has 6 nitrogen and oxygen atoms in total. The second-order valence-electron chi connectivity index (χ2n) is 9.96. The van der Waals surface area contributed by atoms with Crippen molar-refractivity contribution in [2.45, 2.75) is 30.9 Å². The van der Waals surface area contributed by atoms with Gasteiger partial charge in [0.2, 0.25) is 5.90 Å². The standard InChI is InChI=1S/C34H33FN2O4/c35-30-15-8-7-12-26(30)20-21-36-33(39)34(24-25-10-3-1-4-11-25)31(27-13-5-2-6-14-27)41-32(37-34)28-16-18-29(19-17-28)40-23-9-22-38/h1-8,10-19,31,38H,9,20-24H2,(H,36,39)/t31-,34-/m1/s1. The van der Waals surface area contributed by atoms with Gasteiger partial charge < -0.3 is 19.9 Å². The predicted molar refractivity (Wildman–Crippen MR) is 156 cm³/mol. The molecule has 0 unspecified atom stereocenters. The van der Waals surface area contributed by atoms with Crippen LogP contribution in [0.1, 0.15) is 34.8 Å². The lowest BCUT2D eigenvalue weighted by molar-refractivity contribution is -0.128. The number of hydrogen-bond donors (Lipinski definition) is 2. The van der Waals surface area contributed by atoms with Gasteiger partial charge in [-0.1, -0.05) is 78.9 Å². The topological polar surface area (TPSA) is 80.2 Å². The first kappa shape index (κ1) is 28.1. The Morgan fingerprint density at radius 1 is 0.927 bits per heavy atom. The first-order chi connectivity index (χ1) is 20.1. The molecule has 0 aliphatic carbocycles. The van der Waals surface area contributed by atoms with E-state index in [4.69, 9.17) is 19.6 Å². The molecule has 2 atom stereocenters. The highest BCUT2D eigenvalue weighted by Gasteiger charge is 2.53. The molecule has 1 aliphatic heterocycles. The molecule has 0 saturated carbocycles. The van der Waals surface area contributed by atoms with Gasteiger partial charge in [-0.05, 0) is 53.4 Å². The van der Waals surface area contributed by atoms with Gasteiger partial charge in [-0.2, -0.15) is 0 Å². The monoisotopic (exact) mass is 552 g/mol. The van der Waals surface area contributed by atoms with Crippen LogP contribution in [0.25, 0.3) is 0 Å². The summed E-state index contributed by atoms with van der Waals surface area (Å²) < 4.78 is 26.4. The maximum Gasteiger partial charge on any atom is 0.252 e. The summed E-state index contributed by atoms with van der Waals surface area (Å²) in [5, 5.41) is 12.1. The number of halogens is 1. The van der Waals surface area contributed by atoms with Crippen LogP contribution in [0.4, 0.5) is 4.39 Å². The van der Waals surface area contributed by atoms with Gasteiger partial charge in [-0.25, -0.2) is 9.38 Å². The van der Waals surface area contributed by atoms with Crippen molar-refractivity contribution in [2.75, 3.05) is 19.8 Å². The van der Waals surface area contributed by atoms with Crippen molar-refractivity contribution in [1.29, 1.82) is 0 Å². The second kappa shape index (κ2) is 13.2. The molecule has 1 amide bonds. The molecule has 1 heterocycles. The molecule has 41 heavy (non-hydrogen) atoms. The third-order valence-corrected chi connectivity index (χ3v) is 7.09. The molecule has 0 radical (unpaired) electrons. The molecule has 0 fully saturated rings. The first-order valence-electron chi connectivity index (χ1n) is 13.8. The molecular weight excluding hydrogens is 519 g/mol. The Balaban J connectivity index is 1.49. The van der Waals surface area contributed by atoms with Gasteiger partial charge in [0.15, 0.2) is 11.6 Å². The molecule has 0 aromatic heterocycles. The average molecular weight is 553 g/mol. The molecular formula is C34H33FN2O4. The van der Waals surface area contributed by atoms with E-state index in [1.54, 1.807) is 18.2 Å². The Morgan fingerprint density at radius 3 is 2.32 bits per heavy atom. The third kappa shape index (κ3) is 6.64. The number of aliphatic hydroxyl groups is 1. The highest BCUT2D eigenvalue weighted by atomic mass is 19.1. The largest absolute Gasteiger partial charge is 0.494 e. The Morgan fingerprint density at radius 2 is 1.61 bits per heavy atom. The summed E-state index contributed by atoms with van der Waals surface area (Å²) in [4.78, 5) is 19.2. The second-order valence-corrected chi connectivity index (χ2v) is 9.96. The van der Waals surface area contributed by atoms with E-state index in [1.807, 2.05) is 84.9 Å². The van der Waals surface area contributed by atoms with Crippen molar-refractivity contribution < 1.29 is 23.8 Å². The van der Waals surface area contributed by atoms with Crippen molar-refractivity contribution in [3.63, 3.8) is 0 Å². The number of nitrogens with one attached hydrogen (secondary N) is 1. The Hall–Kier alpha value is -4.49. The minimum Gasteiger partial charge on any atom is -0.494 e. The zero-order chi connectivity index (χ0) is 28.5. The smallest absolute Gasteiger partial charge is 0.252 e. The highest BCUT2D eigenvalue weighted by Crippen LogP contribution is 2.42. The lowest BCUT2D eigenvalue weighted by Crippen LogP contribution is -2.50. The van der Waals surface area contributed by atoms with E-state index in [1.165, 1.54) is 6.07 Å². The summed E-state index contributed by atoms with van der Waals surface area (Å²) in [5.41, 5.74) is 1.73. The number of nitrogens with zero attached hydrogens (tertiary/aromatic N) is 1. The van der Waals surface area contributed by atoms with Gasteiger partial charge in [0.25, 0.3) is 5.91 Å². The van der Waals surface area contributed by atoms with E-state index >= 15 is 0 Å². The number of carbonyl (C=O) groups excluding carboxylic acids is 1. The van der Waals surface area contributed by atoms with Crippen molar-refractivity contribution in [2.24, 2.45) is 4.99 Å². The summed E-state index contributed by atoms with van der Waals surface area (Å²) in [6, 6.07) is 33.3. The summed E-state index contributed by atoms with van der Waals surface area (Å²) in [6.45, 7) is 0.731.